The molecule has 1 aromatic carbocycles. The topological polar surface area (TPSA) is 58.1 Å². The van der Waals surface area contributed by atoms with Gasteiger partial charge in [0.25, 0.3) is 5.91 Å². The van der Waals surface area contributed by atoms with Gasteiger partial charge in [-0.3, -0.25) is 4.79 Å². The van der Waals surface area contributed by atoms with E-state index in [2.05, 4.69) is 15.3 Å². The first-order valence-corrected chi connectivity index (χ1v) is 9.58. The molecule has 2 aromatic heterocycles. The third kappa shape index (κ3) is 4.21. The maximum absolute atomic E-state index is 13.2. The summed E-state index contributed by atoms with van der Waals surface area (Å²) < 4.78 is 0. The number of hydrogen-bond acceptors (Lipinski definition) is 4. The molecular formula is C21H22Cl2N4O. The number of pyridine rings is 2. The number of carbonyl (C=O) groups is 1. The number of anilines is 2. The van der Waals surface area contributed by atoms with Crippen molar-refractivity contribution in [2.24, 2.45) is 0 Å². The monoisotopic (exact) mass is 416 g/mol. The summed E-state index contributed by atoms with van der Waals surface area (Å²) in [5.41, 5.74) is 3.69. The molecule has 3 heterocycles. The number of nitrogens with zero attached hydrogens (tertiary/aromatic N) is 3. The second-order valence-corrected chi connectivity index (χ2v) is 7.29. The van der Waals surface area contributed by atoms with E-state index in [-0.39, 0.29) is 18.3 Å². The summed E-state index contributed by atoms with van der Waals surface area (Å²) in [7, 11) is 0. The fraction of sp³-hybridized carbons (Fsp3) is 0.286. The molecule has 1 N–H and O–H groups in total. The molecule has 0 bridgehead atoms. The van der Waals surface area contributed by atoms with E-state index < -0.39 is 0 Å². The van der Waals surface area contributed by atoms with Crippen LogP contribution >= 0.6 is 24.0 Å². The van der Waals surface area contributed by atoms with Gasteiger partial charge in [-0.15, -0.1) is 12.4 Å². The zero-order chi connectivity index (χ0) is 18.8. The van der Waals surface area contributed by atoms with E-state index in [0.29, 0.717) is 16.2 Å². The zero-order valence-electron chi connectivity index (χ0n) is 15.6. The predicted molar refractivity (Wildman–Crippen MR) is 116 cm³/mol. The van der Waals surface area contributed by atoms with Crippen molar-refractivity contribution in [3.63, 3.8) is 0 Å². The lowest BCUT2D eigenvalue weighted by Crippen LogP contribution is -2.36. The van der Waals surface area contributed by atoms with Gasteiger partial charge in [0.2, 0.25) is 0 Å². The number of hydrogen-bond donors (Lipinski definition) is 1. The predicted octanol–water partition coefficient (Wildman–Crippen LogP) is 5.38. The molecule has 4 rings (SSSR count). The molecule has 1 aliphatic heterocycles. The number of piperidine rings is 1. The molecule has 0 radical (unpaired) electrons. The van der Waals surface area contributed by atoms with Crippen molar-refractivity contribution in [1.82, 2.24) is 14.9 Å². The molecule has 1 saturated heterocycles. The van der Waals surface area contributed by atoms with Crippen molar-refractivity contribution in [2.45, 2.75) is 26.2 Å². The second kappa shape index (κ2) is 8.76. The number of carbonyl (C=O) groups excluding carboxylic acids is 1. The first-order chi connectivity index (χ1) is 13.1. The first kappa shape index (κ1) is 20.4. The summed E-state index contributed by atoms with van der Waals surface area (Å²) in [6.07, 6.45) is 4.92. The van der Waals surface area contributed by atoms with Crippen LogP contribution in [0.25, 0.3) is 11.0 Å². The fourth-order valence-electron chi connectivity index (χ4n) is 3.41. The maximum atomic E-state index is 13.2. The van der Waals surface area contributed by atoms with E-state index in [1.165, 1.54) is 6.42 Å². The average molecular weight is 417 g/mol. The van der Waals surface area contributed by atoms with E-state index in [0.717, 1.165) is 48.4 Å². The molecule has 0 saturated carbocycles. The molecule has 1 aliphatic rings. The number of rotatable bonds is 3. The van der Waals surface area contributed by atoms with E-state index in [4.69, 9.17) is 11.6 Å². The SMILES string of the molecule is Cc1ccc2c(Nc3ccc(Cl)cc3)c(C(=O)N3CCCCC3)cnc2n1.Cl. The second-order valence-electron chi connectivity index (χ2n) is 6.86. The molecule has 0 aliphatic carbocycles. The van der Waals surface area contributed by atoms with E-state index in [1.807, 2.05) is 48.2 Å². The molecular weight excluding hydrogens is 395 g/mol. The first-order valence-electron chi connectivity index (χ1n) is 9.20. The molecule has 28 heavy (non-hydrogen) atoms. The van der Waals surface area contributed by atoms with Crippen LogP contribution in [0.3, 0.4) is 0 Å². The Hall–Kier alpha value is -2.37. The molecule has 5 nitrogen and oxygen atoms in total. The highest BCUT2D eigenvalue weighted by molar-refractivity contribution is 6.30. The quantitative estimate of drug-likeness (QED) is 0.622. The highest BCUT2D eigenvalue weighted by Crippen LogP contribution is 2.30. The molecule has 3 aromatic rings. The summed E-state index contributed by atoms with van der Waals surface area (Å²) in [4.78, 5) is 24.1. The van der Waals surface area contributed by atoms with E-state index in [1.54, 1.807) is 6.20 Å². The van der Waals surface area contributed by atoms with Crippen molar-refractivity contribution in [1.29, 1.82) is 0 Å². The Kier molecular flexibility index (Phi) is 6.37. The standard InChI is InChI=1S/C21H21ClN4O.ClH/c1-14-5-10-17-19(25-16-8-6-15(22)7-9-16)18(13-23-20(17)24-14)21(27)26-11-3-2-4-12-26;/h5-10,13H,2-4,11-12H2,1H3,(H,23,24,25);1H. The van der Waals surface area contributed by atoms with Crippen molar-refractivity contribution >= 4 is 52.3 Å². The smallest absolute Gasteiger partial charge is 0.257 e. The van der Waals surface area contributed by atoms with Crippen LogP contribution in [0.1, 0.15) is 35.3 Å². The van der Waals surface area contributed by atoms with Crippen molar-refractivity contribution < 1.29 is 4.79 Å². The summed E-state index contributed by atoms with van der Waals surface area (Å²) in [6, 6.07) is 11.3. The lowest BCUT2D eigenvalue weighted by Gasteiger charge is -2.27. The number of fused-ring (bicyclic) bond motifs is 1. The minimum Gasteiger partial charge on any atom is -0.354 e. The number of benzene rings is 1. The normalized spacial score (nSPS) is 13.9. The number of aromatic nitrogens is 2. The van der Waals surface area contributed by atoms with Gasteiger partial charge >= 0.3 is 0 Å². The highest BCUT2D eigenvalue weighted by Gasteiger charge is 2.23. The zero-order valence-corrected chi connectivity index (χ0v) is 17.2. The fourth-order valence-corrected chi connectivity index (χ4v) is 3.54. The van der Waals surface area contributed by atoms with Gasteiger partial charge in [-0.05, 0) is 62.6 Å². The van der Waals surface area contributed by atoms with Gasteiger partial charge in [-0.25, -0.2) is 9.97 Å². The van der Waals surface area contributed by atoms with Crippen LogP contribution in [-0.2, 0) is 0 Å². The number of aryl methyl sites for hydroxylation is 1. The van der Waals surface area contributed by atoms with Crippen molar-refractivity contribution in [3.8, 4) is 0 Å². The Labute approximate surface area is 175 Å². The van der Waals surface area contributed by atoms with Crippen LogP contribution < -0.4 is 5.32 Å². The Morgan fingerprint density at radius 3 is 2.50 bits per heavy atom. The van der Waals surface area contributed by atoms with Gasteiger partial charge in [0.05, 0.1) is 11.3 Å². The summed E-state index contributed by atoms with van der Waals surface area (Å²) >= 11 is 6.00. The van der Waals surface area contributed by atoms with Crippen LogP contribution in [0.15, 0.2) is 42.6 Å². The lowest BCUT2D eigenvalue weighted by molar-refractivity contribution is 0.0725. The van der Waals surface area contributed by atoms with Crippen LogP contribution in [0, 0.1) is 6.92 Å². The van der Waals surface area contributed by atoms with Gasteiger partial charge in [-0.2, -0.15) is 0 Å². The minimum atomic E-state index is 0. The largest absolute Gasteiger partial charge is 0.354 e. The number of likely N-dealkylation sites (tertiary alicyclic amines) is 1. The Balaban J connectivity index is 0.00000225. The molecule has 0 atom stereocenters. The Morgan fingerprint density at radius 2 is 1.79 bits per heavy atom. The lowest BCUT2D eigenvalue weighted by atomic mass is 10.1. The summed E-state index contributed by atoms with van der Waals surface area (Å²) in [5, 5.41) is 4.90. The van der Waals surface area contributed by atoms with Crippen LogP contribution in [0.5, 0.6) is 0 Å². The number of halogens is 2. The highest BCUT2D eigenvalue weighted by atomic mass is 35.5. The maximum Gasteiger partial charge on any atom is 0.257 e. The number of nitrogens with one attached hydrogen (secondary N) is 1. The molecule has 7 heteroatoms. The molecule has 1 amide bonds. The molecule has 0 unspecified atom stereocenters. The molecule has 0 spiro atoms. The Bertz CT molecular complexity index is 986. The molecule has 1 fully saturated rings. The third-order valence-corrected chi connectivity index (χ3v) is 5.11. The van der Waals surface area contributed by atoms with Crippen LogP contribution in [0.4, 0.5) is 11.4 Å². The van der Waals surface area contributed by atoms with E-state index >= 15 is 0 Å². The summed E-state index contributed by atoms with van der Waals surface area (Å²) in [5.74, 6) is 0.0149. The van der Waals surface area contributed by atoms with E-state index in [9.17, 15) is 4.79 Å². The average Bonchev–Trinajstić information content (AvgIpc) is 2.70. The minimum absolute atomic E-state index is 0. The van der Waals surface area contributed by atoms with Gasteiger partial charge in [0.15, 0.2) is 5.65 Å². The third-order valence-electron chi connectivity index (χ3n) is 4.86. The van der Waals surface area contributed by atoms with Gasteiger partial charge in [0, 0.05) is 41.1 Å². The number of amides is 1. The van der Waals surface area contributed by atoms with Gasteiger partial charge < -0.3 is 10.2 Å². The summed E-state index contributed by atoms with van der Waals surface area (Å²) in [6.45, 7) is 3.52. The van der Waals surface area contributed by atoms with Crippen molar-refractivity contribution in [3.05, 3.63) is 58.9 Å². The van der Waals surface area contributed by atoms with Crippen LogP contribution in [0.2, 0.25) is 5.02 Å². The van der Waals surface area contributed by atoms with Crippen molar-refractivity contribution in [2.75, 3.05) is 18.4 Å². The van der Waals surface area contributed by atoms with Gasteiger partial charge in [0.1, 0.15) is 0 Å². The molecule has 146 valence electrons. The van der Waals surface area contributed by atoms with Gasteiger partial charge in [-0.1, -0.05) is 11.6 Å². The Morgan fingerprint density at radius 1 is 1.07 bits per heavy atom. The van der Waals surface area contributed by atoms with Crippen LogP contribution in [-0.4, -0.2) is 33.9 Å².